The van der Waals surface area contributed by atoms with Gasteiger partial charge in [0.25, 0.3) is 5.56 Å². The van der Waals surface area contributed by atoms with E-state index >= 15 is 0 Å². The van der Waals surface area contributed by atoms with Crippen molar-refractivity contribution < 1.29 is 9.90 Å². The highest BCUT2D eigenvalue weighted by molar-refractivity contribution is 7.99. The largest absolute Gasteiger partial charge is 0.465 e. The van der Waals surface area contributed by atoms with Crippen molar-refractivity contribution in [3.8, 4) is 0 Å². The van der Waals surface area contributed by atoms with Crippen molar-refractivity contribution in [2.75, 3.05) is 18.4 Å². The molecule has 1 saturated carbocycles. The fraction of sp³-hybridized carbons (Fsp3) is 0.550. The summed E-state index contributed by atoms with van der Waals surface area (Å²) >= 11 is 8.10. The van der Waals surface area contributed by atoms with Gasteiger partial charge in [-0.15, -0.1) is 0 Å². The summed E-state index contributed by atoms with van der Waals surface area (Å²) in [7, 11) is 0. The number of carbonyl (C=O) groups is 1. The standard InChI is InChI=1S/C20H25ClN4O3S/c21-15-9-13(22-12-3-1-2-4-12)10-16-18(15)19(26)24-17(23-16)11-29-14-5-7-25(8-6-14)20(27)28/h9-10,12,14,22H,1-8,11H2,(H,27,28)(H,23,24,26). The lowest BCUT2D eigenvalue weighted by Gasteiger charge is -2.29. The molecule has 1 aliphatic heterocycles. The number of thioether (sulfide) groups is 1. The first-order chi connectivity index (χ1) is 14.0. The third-order valence-electron chi connectivity index (χ3n) is 5.70. The smallest absolute Gasteiger partial charge is 0.407 e. The van der Waals surface area contributed by atoms with Gasteiger partial charge in [-0.1, -0.05) is 24.4 Å². The number of halogens is 1. The van der Waals surface area contributed by atoms with Gasteiger partial charge in [0.15, 0.2) is 0 Å². The molecule has 156 valence electrons. The van der Waals surface area contributed by atoms with Gasteiger partial charge in [-0.2, -0.15) is 11.8 Å². The summed E-state index contributed by atoms with van der Waals surface area (Å²) < 4.78 is 0. The zero-order valence-corrected chi connectivity index (χ0v) is 17.7. The number of anilines is 1. The van der Waals surface area contributed by atoms with E-state index in [4.69, 9.17) is 16.7 Å². The maximum atomic E-state index is 12.6. The van der Waals surface area contributed by atoms with Crippen LogP contribution in [0.4, 0.5) is 10.5 Å². The Morgan fingerprint density at radius 2 is 2.00 bits per heavy atom. The molecule has 1 saturated heterocycles. The number of hydrogen-bond acceptors (Lipinski definition) is 5. The number of nitrogens with zero attached hydrogens (tertiary/aromatic N) is 2. The second kappa shape index (κ2) is 8.83. The van der Waals surface area contributed by atoms with Crippen LogP contribution in [0.2, 0.25) is 5.02 Å². The van der Waals surface area contributed by atoms with Crippen molar-refractivity contribution in [1.82, 2.24) is 14.9 Å². The summed E-state index contributed by atoms with van der Waals surface area (Å²) in [6.07, 6.45) is 5.56. The molecule has 2 heterocycles. The number of aromatic amines is 1. The van der Waals surface area contributed by atoms with E-state index in [9.17, 15) is 9.59 Å². The van der Waals surface area contributed by atoms with Crippen molar-refractivity contribution >= 4 is 46.0 Å². The molecule has 0 radical (unpaired) electrons. The number of likely N-dealkylation sites (tertiary alicyclic amines) is 1. The summed E-state index contributed by atoms with van der Waals surface area (Å²) in [6, 6.07) is 4.18. The van der Waals surface area contributed by atoms with Crippen LogP contribution < -0.4 is 10.9 Å². The summed E-state index contributed by atoms with van der Waals surface area (Å²) in [5.41, 5.74) is 1.30. The number of benzene rings is 1. The Morgan fingerprint density at radius 1 is 1.28 bits per heavy atom. The highest BCUT2D eigenvalue weighted by atomic mass is 35.5. The molecule has 3 N–H and O–H groups in total. The average molecular weight is 437 g/mol. The molecular weight excluding hydrogens is 412 g/mol. The Bertz CT molecular complexity index is 953. The Labute approximate surface area is 178 Å². The van der Waals surface area contributed by atoms with E-state index in [2.05, 4.69) is 15.3 Å². The number of aromatic nitrogens is 2. The number of carboxylic acid groups (broad SMARTS) is 1. The Morgan fingerprint density at radius 3 is 2.69 bits per heavy atom. The van der Waals surface area contributed by atoms with Crippen LogP contribution in [0.1, 0.15) is 44.3 Å². The molecule has 2 aliphatic rings. The van der Waals surface area contributed by atoms with Gasteiger partial charge < -0.3 is 20.3 Å². The highest BCUT2D eigenvalue weighted by Crippen LogP contribution is 2.29. The molecular formula is C20H25ClN4O3S. The second-order valence-electron chi connectivity index (χ2n) is 7.77. The lowest BCUT2D eigenvalue weighted by molar-refractivity contribution is 0.136. The highest BCUT2D eigenvalue weighted by Gasteiger charge is 2.23. The third-order valence-corrected chi connectivity index (χ3v) is 7.38. The minimum absolute atomic E-state index is 0.219. The van der Waals surface area contributed by atoms with Crippen molar-refractivity contribution in [1.29, 1.82) is 0 Å². The fourth-order valence-electron chi connectivity index (χ4n) is 4.14. The second-order valence-corrected chi connectivity index (χ2v) is 9.47. The third kappa shape index (κ3) is 4.80. The number of hydrogen-bond donors (Lipinski definition) is 3. The van der Waals surface area contributed by atoms with Gasteiger partial charge in [-0.3, -0.25) is 4.79 Å². The number of fused-ring (bicyclic) bond motifs is 1. The van der Waals surface area contributed by atoms with Crippen molar-refractivity contribution in [3.05, 3.63) is 33.3 Å². The Balaban J connectivity index is 1.47. The monoisotopic (exact) mass is 436 g/mol. The van der Waals surface area contributed by atoms with Gasteiger partial charge in [-0.05, 0) is 37.8 Å². The van der Waals surface area contributed by atoms with Crippen LogP contribution in [0, 0.1) is 0 Å². The van der Waals surface area contributed by atoms with Crippen LogP contribution in [0.3, 0.4) is 0 Å². The summed E-state index contributed by atoms with van der Waals surface area (Å²) in [4.78, 5) is 32.5. The zero-order chi connectivity index (χ0) is 20.4. The normalized spacial score (nSPS) is 18.4. The molecule has 1 aromatic carbocycles. The molecule has 29 heavy (non-hydrogen) atoms. The van der Waals surface area contributed by atoms with Gasteiger partial charge in [-0.25, -0.2) is 9.78 Å². The summed E-state index contributed by atoms with van der Waals surface area (Å²) in [5.74, 6) is 1.21. The molecule has 1 amide bonds. The van der Waals surface area contributed by atoms with Gasteiger partial charge in [0.05, 0.1) is 21.7 Å². The molecule has 7 nitrogen and oxygen atoms in total. The Kier molecular flexibility index (Phi) is 6.20. The molecule has 0 atom stereocenters. The van der Waals surface area contributed by atoms with Crippen LogP contribution in [-0.2, 0) is 5.75 Å². The topological polar surface area (TPSA) is 98.3 Å². The molecule has 0 bridgehead atoms. The van der Waals surface area contributed by atoms with Crippen molar-refractivity contribution in [2.45, 2.75) is 55.6 Å². The van der Waals surface area contributed by atoms with E-state index in [0.29, 0.717) is 51.9 Å². The number of amides is 1. The molecule has 1 aromatic heterocycles. The van der Waals surface area contributed by atoms with E-state index in [-0.39, 0.29) is 5.56 Å². The fourth-order valence-corrected chi connectivity index (χ4v) is 5.51. The molecule has 9 heteroatoms. The van der Waals surface area contributed by atoms with Gasteiger partial charge >= 0.3 is 6.09 Å². The predicted octanol–water partition coefficient (Wildman–Crippen LogP) is 4.31. The van der Waals surface area contributed by atoms with Crippen LogP contribution in [0.25, 0.3) is 10.9 Å². The summed E-state index contributed by atoms with van der Waals surface area (Å²) in [5, 5.41) is 13.8. The lowest BCUT2D eigenvalue weighted by atomic mass is 10.1. The number of H-pyrrole nitrogens is 1. The SMILES string of the molecule is O=C(O)N1CCC(SCc2nc3cc(NC4CCCC4)cc(Cl)c3c(=O)[nH]2)CC1. The lowest BCUT2D eigenvalue weighted by Crippen LogP contribution is -2.38. The first-order valence-corrected chi connectivity index (χ1v) is 11.5. The molecule has 2 aromatic rings. The maximum Gasteiger partial charge on any atom is 0.407 e. The first kappa shape index (κ1) is 20.3. The van der Waals surface area contributed by atoms with Crippen molar-refractivity contribution in [3.63, 3.8) is 0 Å². The number of piperidine rings is 1. The number of nitrogens with one attached hydrogen (secondary N) is 2. The molecule has 1 aliphatic carbocycles. The van der Waals surface area contributed by atoms with Gasteiger partial charge in [0.1, 0.15) is 5.82 Å². The first-order valence-electron chi connectivity index (χ1n) is 10.1. The molecule has 0 unspecified atom stereocenters. The van der Waals surface area contributed by atoms with Gasteiger partial charge in [0, 0.05) is 30.1 Å². The number of rotatable bonds is 5. The van der Waals surface area contributed by atoms with Crippen LogP contribution in [0.15, 0.2) is 16.9 Å². The zero-order valence-electron chi connectivity index (χ0n) is 16.1. The van der Waals surface area contributed by atoms with E-state index in [1.54, 1.807) is 11.8 Å². The average Bonchev–Trinajstić information content (AvgIpc) is 3.19. The van der Waals surface area contributed by atoms with E-state index in [1.165, 1.54) is 17.7 Å². The van der Waals surface area contributed by atoms with Gasteiger partial charge in [0.2, 0.25) is 0 Å². The molecule has 2 fully saturated rings. The van der Waals surface area contributed by atoms with Crippen LogP contribution in [0.5, 0.6) is 0 Å². The Hall–Kier alpha value is -1.93. The molecule has 4 rings (SSSR count). The predicted molar refractivity (Wildman–Crippen MR) is 117 cm³/mol. The van der Waals surface area contributed by atoms with E-state index in [1.807, 2.05) is 12.1 Å². The maximum absolute atomic E-state index is 12.6. The van der Waals surface area contributed by atoms with E-state index < -0.39 is 6.09 Å². The van der Waals surface area contributed by atoms with E-state index in [0.717, 1.165) is 31.4 Å². The minimum Gasteiger partial charge on any atom is -0.465 e. The van der Waals surface area contributed by atoms with Crippen LogP contribution >= 0.6 is 23.4 Å². The van der Waals surface area contributed by atoms with Crippen molar-refractivity contribution in [2.24, 2.45) is 0 Å². The van der Waals surface area contributed by atoms with Crippen LogP contribution in [-0.4, -0.2) is 50.4 Å². The molecule has 0 spiro atoms. The quantitative estimate of drug-likeness (QED) is 0.646. The minimum atomic E-state index is -0.854. The summed E-state index contributed by atoms with van der Waals surface area (Å²) in [6.45, 7) is 1.11.